The van der Waals surface area contributed by atoms with Gasteiger partial charge < -0.3 is 10.4 Å². The Morgan fingerprint density at radius 1 is 1.09 bits per heavy atom. The molecule has 0 aliphatic rings. The van der Waals surface area contributed by atoms with Gasteiger partial charge in [-0.1, -0.05) is 54.6 Å². The number of carbonyl (C=O) groups excluding carboxylic acids is 1. The van der Waals surface area contributed by atoms with Crippen molar-refractivity contribution in [3.8, 4) is 11.1 Å². The van der Waals surface area contributed by atoms with E-state index < -0.39 is 17.5 Å². The normalized spacial score (nSPS) is 13.2. The predicted molar refractivity (Wildman–Crippen MR) is 84.0 cm³/mol. The van der Waals surface area contributed by atoms with Gasteiger partial charge in [0, 0.05) is 13.3 Å². The van der Waals surface area contributed by atoms with Gasteiger partial charge in [0.2, 0.25) is 5.91 Å². The minimum Gasteiger partial charge on any atom is -0.478 e. The summed E-state index contributed by atoms with van der Waals surface area (Å²) in [6.07, 6.45) is -0.00696. The minimum absolute atomic E-state index is 0.00696. The predicted octanol–water partition coefficient (Wildman–Crippen LogP) is 1.77. The van der Waals surface area contributed by atoms with E-state index in [9.17, 15) is 14.7 Å². The third-order valence-electron chi connectivity index (χ3n) is 3.35. The summed E-state index contributed by atoms with van der Waals surface area (Å²) in [4.78, 5) is 22.7. The molecule has 114 valence electrons. The van der Waals surface area contributed by atoms with Gasteiger partial charge in [-0.05, 0) is 16.7 Å². The van der Waals surface area contributed by atoms with Crippen molar-refractivity contribution < 1.29 is 14.7 Å². The Bertz CT molecular complexity index is 685. The number of carbonyl (C=O) groups is 2. The quantitative estimate of drug-likeness (QED) is 0.733. The van der Waals surface area contributed by atoms with Gasteiger partial charge in [0.25, 0.3) is 0 Å². The van der Waals surface area contributed by atoms with E-state index >= 15 is 0 Å². The molecule has 1 atom stereocenters. The van der Waals surface area contributed by atoms with Gasteiger partial charge in [0.1, 0.15) is 0 Å². The molecule has 2 aromatic carbocycles. The van der Waals surface area contributed by atoms with Crippen LogP contribution in [0.15, 0.2) is 54.6 Å². The van der Waals surface area contributed by atoms with Crippen LogP contribution in [0.25, 0.3) is 11.1 Å². The van der Waals surface area contributed by atoms with Crippen molar-refractivity contribution in [2.75, 3.05) is 0 Å². The number of amides is 1. The van der Waals surface area contributed by atoms with Crippen LogP contribution < -0.4 is 11.1 Å². The van der Waals surface area contributed by atoms with E-state index in [4.69, 9.17) is 5.73 Å². The second kappa shape index (κ2) is 6.41. The van der Waals surface area contributed by atoms with Crippen LogP contribution in [0.1, 0.15) is 12.5 Å². The fourth-order valence-electron chi connectivity index (χ4n) is 2.36. The van der Waals surface area contributed by atoms with E-state index in [0.717, 1.165) is 16.7 Å². The highest BCUT2D eigenvalue weighted by Crippen LogP contribution is 2.25. The molecule has 0 bridgehead atoms. The lowest BCUT2D eigenvalue weighted by molar-refractivity contribution is -0.147. The molecule has 0 saturated carbocycles. The van der Waals surface area contributed by atoms with Crippen LogP contribution in [0.4, 0.5) is 0 Å². The molecule has 2 aromatic rings. The third-order valence-corrected chi connectivity index (χ3v) is 3.35. The van der Waals surface area contributed by atoms with Crippen molar-refractivity contribution in [2.24, 2.45) is 5.73 Å². The van der Waals surface area contributed by atoms with Crippen molar-refractivity contribution in [1.29, 1.82) is 0 Å². The molecule has 0 aromatic heterocycles. The number of rotatable bonds is 5. The second-order valence-corrected chi connectivity index (χ2v) is 5.16. The number of hydrogen-bond donors (Lipinski definition) is 3. The monoisotopic (exact) mass is 298 g/mol. The zero-order valence-electron chi connectivity index (χ0n) is 12.2. The van der Waals surface area contributed by atoms with E-state index in [1.165, 1.54) is 6.92 Å². The molecular weight excluding hydrogens is 280 g/mol. The van der Waals surface area contributed by atoms with Gasteiger partial charge in [-0.3, -0.25) is 10.5 Å². The van der Waals surface area contributed by atoms with Gasteiger partial charge in [-0.2, -0.15) is 0 Å². The number of nitrogens with one attached hydrogen (secondary N) is 1. The number of hydrogen-bond acceptors (Lipinski definition) is 3. The van der Waals surface area contributed by atoms with Crippen LogP contribution in [0.5, 0.6) is 0 Å². The largest absolute Gasteiger partial charge is 0.478 e. The maximum Gasteiger partial charge on any atom is 0.344 e. The molecule has 0 spiro atoms. The average molecular weight is 298 g/mol. The molecule has 0 radical (unpaired) electrons. The fourth-order valence-corrected chi connectivity index (χ4v) is 2.36. The molecule has 0 saturated heterocycles. The molecule has 2 rings (SSSR count). The Balaban J connectivity index is 2.41. The lowest BCUT2D eigenvalue weighted by Gasteiger charge is -2.26. The highest BCUT2D eigenvalue weighted by atomic mass is 16.4. The first-order valence-electron chi connectivity index (χ1n) is 6.87. The Morgan fingerprint density at radius 3 is 2.27 bits per heavy atom. The summed E-state index contributed by atoms with van der Waals surface area (Å²) in [5.74, 6) is -1.76. The standard InChI is InChI=1S/C17H18N2O3/c1-12(20)19-17(18,16(21)22)11-14-9-5-6-10-15(14)13-7-3-2-4-8-13/h2-10H,11,18H2,1H3,(H,19,20)(H,21,22)/t17-/m1/s1. The molecule has 0 fully saturated rings. The first-order valence-corrected chi connectivity index (χ1v) is 6.87. The van der Waals surface area contributed by atoms with Crippen LogP contribution in [0.3, 0.4) is 0 Å². The summed E-state index contributed by atoms with van der Waals surface area (Å²) in [5.41, 5.74) is 6.67. The summed E-state index contributed by atoms with van der Waals surface area (Å²) >= 11 is 0. The van der Waals surface area contributed by atoms with E-state index in [1.54, 1.807) is 0 Å². The molecule has 4 N–H and O–H groups in total. The molecule has 5 nitrogen and oxygen atoms in total. The maximum atomic E-state index is 11.5. The number of benzene rings is 2. The highest BCUT2D eigenvalue weighted by Gasteiger charge is 2.35. The van der Waals surface area contributed by atoms with Gasteiger partial charge >= 0.3 is 5.97 Å². The van der Waals surface area contributed by atoms with Crippen molar-refractivity contribution in [3.05, 3.63) is 60.2 Å². The number of nitrogens with two attached hydrogens (primary N) is 1. The summed E-state index contributed by atoms with van der Waals surface area (Å²) < 4.78 is 0. The van der Waals surface area contributed by atoms with Crippen LogP contribution in [0, 0.1) is 0 Å². The fraction of sp³-hybridized carbons (Fsp3) is 0.176. The lowest BCUT2D eigenvalue weighted by Crippen LogP contribution is -2.62. The molecule has 0 aliphatic heterocycles. The van der Waals surface area contributed by atoms with Crippen LogP contribution in [-0.4, -0.2) is 22.6 Å². The first-order chi connectivity index (χ1) is 10.4. The Labute approximate surface area is 128 Å². The van der Waals surface area contributed by atoms with Crippen LogP contribution >= 0.6 is 0 Å². The second-order valence-electron chi connectivity index (χ2n) is 5.16. The summed E-state index contributed by atoms with van der Waals surface area (Å²) in [7, 11) is 0. The van der Waals surface area contributed by atoms with Crippen molar-refractivity contribution >= 4 is 11.9 Å². The molecule has 0 aliphatic carbocycles. The van der Waals surface area contributed by atoms with Crippen LogP contribution in [-0.2, 0) is 16.0 Å². The van der Waals surface area contributed by atoms with Crippen molar-refractivity contribution in [2.45, 2.75) is 19.0 Å². The zero-order chi connectivity index (χ0) is 16.2. The molecule has 0 heterocycles. The topological polar surface area (TPSA) is 92.4 Å². The molecule has 5 heteroatoms. The maximum absolute atomic E-state index is 11.5. The summed E-state index contributed by atoms with van der Waals surface area (Å²) in [6, 6.07) is 17.0. The summed E-state index contributed by atoms with van der Waals surface area (Å²) in [5, 5.41) is 11.7. The van der Waals surface area contributed by atoms with E-state index in [1.807, 2.05) is 54.6 Å². The van der Waals surface area contributed by atoms with E-state index in [-0.39, 0.29) is 6.42 Å². The minimum atomic E-state index is -1.84. The van der Waals surface area contributed by atoms with Gasteiger partial charge in [-0.25, -0.2) is 4.79 Å². The number of aliphatic carboxylic acids is 1. The average Bonchev–Trinajstić information content (AvgIpc) is 2.47. The highest BCUT2D eigenvalue weighted by molar-refractivity contribution is 5.86. The van der Waals surface area contributed by atoms with Crippen molar-refractivity contribution in [3.63, 3.8) is 0 Å². The van der Waals surface area contributed by atoms with E-state index in [0.29, 0.717) is 0 Å². The smallest absolute Gasteiger partial charge is 0.344 e. The molecular formula is C17H18N2O3. The Kier molecular flexibility index (Phi) is 4.58. The lowest BCUT2D eigenvalue weighted by atomic mass is 9.92. The molecule has 1 amide bonds. The number of carboxylic acid groups (broad SMARTS) is 1. The van der Waals surface area contributed by atoms with Crippen molar-refractivity contribution in [1.82, 2.24) is 5.32 Å². The van der Waals surface area contributed by atoms with Crippen LogP contribution in [0.2, 0.25) is 0 Å². The zero-order valence-corrected chi connectivity index (χ0v) is 12.2. The third kappa shape index (κ3) is 3.51. The van der Waals surface area contributed by atoms with Gasteiger partial charge in [-0.15, -0.1) is 0 Å². The Morgan fingerprint density at radius 2 is 1.68 bits per heavy atom. The molecule has 22 heavy (non-hydrogen) atoms. The summed E-state index contributed by atoms with van der Waals surface area (Å²) in [6.45, 7) is 1.24. The molecule has 0 unspecified atom stereocenters. The van der Waals surface area contributed by atoms with Gasteiger partial charge in [0.15, 0.2) is 5.66 Å². The SMILES string of the molecule is CC(=O)N[C@](N)(Cc1ccccc1-c1ccccc1)C(=O)O. The number of carboxylic acids is 1. The van der Waals surface area contributed by atoms with Gasteiger partial charge in [0.05, 0.1) is 0 Å². The Hall–Kier alpha value is -2.66. The first kappa shape index (κ1) is 15.7. The van der Waals surface area contributed by atoms with E-state index in [2.05, 4.69) is 5.32 Å².